The SMILES string of the molecule is CCOC(=O)CC(c1ccc(F)cc1C)N1CCOCC1. The van der Waals surface area contributed by atoms with E-state index in [9.17, 15) is 9.18 Å². The molecule has 21 heavy (non-hydrogen) atoms. The first-order valence-electron chi connectivity index (χ1n) is 7.35. The Morgan fingerprint density at radius 2 is 2.14 bits per heavy atom. The summed E-state index contributed by atoms with van der Waals surface area (Å²) < 4.78 is 23.8. The summed E-state index contributed by atoms with van der Waals surface area (Å²) in [4.78, 5) is 14.1. The van der Waals surface area contributed by atoms with E-state index in [-0.39, 0.29) is 24.2 Å². The fourth-order valence-corrected chi connectivity index (χ4v) is 2.72. The Morgan fingerprint density at radius 3 is 2.76 bits per heavy atom. The van der Waals surface area contributed by atoms with Gasteiger partial charge in [-0.15, -0.1) is 0 Å². The lowest BCUT2D eigenvalue weighted by molar-refractivity contribution is -0.145. The van der Waals surface area contributed by atoms with Crippen molar-refractivity contribution in [2.75, 3.05) is 32.9 Å². The normalized spacial score (nSPS) is 17.5. The molecule has 1 heterocycles. The van der Waals surface area contributed by atoms with Crippen molar-refractivity contribution in [2.24, 2.45) is 0 Å². The first-order valence-corrected chi connectivity index (χ1v) is 7.35. The van der Waals surface area contributed by atoms with E-state index in [1.54, 1.807) is 13.0 Å². The van der Waals surface area contributed by atoms with E-state index in [0.29, 0.717) is 19.8 Å². The molecule has 1 unspecified atom stereocenters. The average molecular weight is 295 g/mol. The minimum atomic E-state index is -0.256. The highest BCUT2D eigenvalue weighted by molar-refractivity contribution is 5.70. The van der Waals surface area contributed by atoms with Crippen LogP contribution in [0.3, 0.4) is 0 Å². The Kier molecular flexibility index (Phi) is 5.70. The van der Waals surface area contributed by atoms with Gasteiger partial charge in [-0.1, -0.05) is 6.07 Å². The quantitative estimate of drug-likeness (QED) is 0.782. The maximum Gasteiger partial charge on any atom is 0.307 e. The van der Waals surface area contributed by atoms with Crippen LogP contribution in [-0.4, -0.2) is 43.8 Å². The highest BCUT2D eigenvalue weighted by atomic mass is 19.1. The number of rotatable bonds is 5. The van der Waals surface area contributed by atoms with Crippen molar-refractivity contribution in [2.45, 2.75) is 26.3 Å². The van der Waals surface area contributed by atoms with Gasteiger partial charge in [-0.05, 0) is 37.1 Å². The van der Waals surface area contributed by atoms with Crippen LogP contribution in [0.1, 0.15) is 30.5 Å². The molecule has 0 amide bonds. The molecule has 0 N–H and O–H groups in total. The molecular formula is C16H22FNO3. The Balaban J connectivity index is 2.23. The topological polar surface area (TPSA) is 38.8 Å². The highest BCUT2D eigenvalue weighted by Gasteiger charge is 2.26. The molecule has 1 saturated heterocycles. The van der Waals surface area contributed by atoms with Gasteiger partial charge in [-0.25, -0.2) is 4.39 Å². The molecule has 5 heteroatoms. The molecule has 0 bridgehead atoms. The number of hydrogen-bond donors (Lipinski definition) is 0. The van der Waals surface area contributed by atoms with Gasteiger partial charge < -0.3 is 9.47 Å². The number of carbonyl (C=O) groups is 1. The largest absolute Gasteiger partial charge is 0.466 e. The van der Waals surface area contributed by atoms with Gasteiger partial charge in [0.1, 0.15) is 5.82 Å². The molecule has 1 aliphatic rings. The number of ether oxygens (including phenoxy) is 2. The summed E-state index contributed by atoms with van der Waals surface area (Å²) >= 11 is 0. The molecule has 1 fully saturated rings. The number of hydrogen-bond acceptors (Lipinski definition) is 4. The molecule has 0 aromatic heterocycles. The van der Waals surface area contributed by atoms with Crippen LogP contribution in [0.15, 0.2) is 18.2 Å². The van der Waals surface area contributed by atoms with Gasteiger partial charge in [-0.2, -0.15) is 0 Å². The minimum absolute atomic E-state index is 0.0893. The predicted octanol–water partition coefficient (Wildman–Crippen LogP) is 2.46. The van der Waals surface area contributed by atoms with E-state index >= 15 is 0 Å². The summed E-state index contributed by atoms with van der Waals surface area (Å²) in [5.74, 6) is -0.481. The zero-order valence-corrected chi connectivity index (χ0v) is 12.6. The highest BCUT2D eigenvalue weighted by Crippen LogP contribution is 2.28. The maximum atomic E-state index is 13.3. The third kappa shape index (κ3) is 4.25. The van der Waals surface area contributed by atoms with Crippen LogP contribution in [0.4, 0.5) is 4.39 Å². The van der Waals surface area contributed by atoms with Crippen LogP contribution in [0.5, 0.6) is 0 Å². The van der Waals surface area contributed by atoms with Crippen molar-refractivity contribution in [1.29, 1.82) is 0 Å². The number of carbonyl (C=O) groups excluding carboxylic acids is 1. The summed E-state index contributed by atoms with van der Waals surface area (Å²) in [5, 5.41) is 0. The van der Waals surface area contributed by atoms with Gasteiger partial charge >= 0.3 is 5.97 Å². The molecule has 1 aliphatic heterocycles. The van der Waals surface area contributed by atoms with E-state index in [1.165, 1.54) is 12.1 Å². The molecule has 1 aromatic rings. The smallest absolute Gasteiger partial charge is 0.307 e. The number of esters is 1. The molecule has 0 saturated carbocycles. The average Bonchev–Trinajstić information content (AvgIpc) is 2.47. The van der Waals surface area contributed by atoms with Gasteiger partial charge in [0.2, 0.25) is 0 Å². The zero-order chi connectivity index (χ0) is 15.2. The second kappa shape index (κ2) is 7.52. The molecule has 4 nitrogen and oxygen atoms in total. The fourth-order valence-electron chi connectivity index (χ4n) is 2.72. The number of nitrogens with zero attached hydrogens (tertiary/aromatic N) is 1. The molecule has 2 rings (SSSR count). The van der Waals surface area contributed by atoms with Crippen LogP contribution in [0.2, 0.25) is 0 Å². The second-order valence-corrected chi connectivity index (χ2v) is 5.17. The zero-order valence-electron chi connectivity index (χ0n) is 12.6. The molecular weight excluding hydrogens is 273 g/mol. The van der Waals surface area contributed by atoms with Gasteiger partial charge in [-0.3, -0.25) is 9.69 Å². The summed E-state index contributed by atoms with van der Waals surface area (Å²) in [6, 6.07) is 4.63. The van der Waals surface area contributed by atoms with Gasteiger partial charge in [0.25, 0.3) is 0 Å². The maximum absolute atomic E-state index is 13.3. The van der Waals surface area contributed by atoms with Gasteiger partial charge in [0, 0.05) is 19.1 Å². The van der Waals surface area contributed by atoms with Crippen molar-refractivity contribution in [3.8, 4) is 0 Å². The fraction of sp³-hybridized carbons (Fsp3) is 0.562. The summed E-state index contributed by atoms with van der Waals surface area (Å²) in [6.45, 7) is 6.87. The summed E-state index contributed by atoms with van der Waals surface area (Å²) in [6.07, 6.45) is 0.278. The van der Waals surface area contributed by atoms with Crippen LogP contribution < -0.4 is 0 Å². The first kappa shape index (κ1) is 15.9. The monoisotopic (exact) mass is 295 g/mol. The van der Waals surface area contributed by atoms with E-state index < -0.39 is 0 Å². The van der Waals surface area contributed by atoms with Crippen molar-refractivity contribution >= 4 is 5.97 Å². The summed E-state index contributed by atoms with van der Waals surface area (Å²) in [7, 11) is 0. The van der Waals surface area contributed by atoms with Crippen LogP contribution in [-0.2, 0) is 14.3 Å². The van der Waals surface area contributed by atoms with E-state index in [0.717, 1.165) is 24.2 Å². The van der Waals surface area contributed by atoms with Crippen molar-refractivity contribution in [3.05, 3.63) is 35.1 Å². The molecule has 1 aromatic carbocycles. The lowest BCUT2D eigenvalue weighted by atomic mass is 9.96. The Hall–Kier alpha value is -1.46. The van der Waals surface area contributed by atoms with E-state index in [2.05, 4.69) is 4.90 Å². The van der Waals surface area contributed by atoms with E-state index in [4.69, 9.17) is 9.47 Å². The van der Waals surface area contributed by atoms with Crippen LogP contribution >= 0.6 is 0 Å². The lowest BCUT2D eigenvalue weighted by Crippen LogP contribution is -2.40. The lowest BCUT2D eigenvalue weighted by Gasteiger charge is -2.35. The Morgan fingerprint density at radius 1 is 1.43 bits per heavy atom. The van der Waals surface area contributed by atoms with Crippen molar-refractivity contribution in [1.82, 2.24) is 4.90 Å². The third-order valence-electron chi connectivity index (χ3n) is 3.74. The van der Waals surface area contributed by atoms with Crippen LogP contribution in [0.25, 0.3) is 0 Å². The van der Waals surface area contributed by atoms with Gasteiger partial charge in [0.05, 0.1) is 26.2 Å². The Labute approximate surface area is 124 Å². The molecule has 116 valence electrons. The summed E-state index contributed by atoms with van der Waals surface area (Å²) in [5.41, 5.74) is 1.84. The first-order chi connectivity index (χ1) is 10.1. The molecule has 0 aliphatic carbocycles. The Bertz CT molecular complexity index is 486. The molecule has 0 radical (unpaired) electrons. The number of halogens is 1. The predicted molar refractivity (Wildman–Crippen MR) is 77.5 cm³/mol. The van der Waals surface area contributed by atoms with Crippen molar-refractivity contribution in [3.63, 3.8) is 0 Å². The number of benzene rings is 1. The van der Waals surface area contributed by atoms with E-state index in [1.807, 2.05) is 6.92 Å². The molecule has 0 spiro atoms. The minimum Gasteiger partial charge on any atom is -0.466 e. The molecule has 1 atom stereocenters. The standard InChI is InChI=1S/C16H22FNO3/c1-3-21-16(19)11-15(18-6-8-20-9-7-18)14-5-4-13(17)10-12(14)2/h4-5,10,15H,3,6-9,11H2,1-2H3. The van der Waals surface area contributed by atoms with Gasteiger partial charge in [0.15, 0.2) is 0 Å². The van der Waals surface area contributed by atoms with Crippen LogP contribution in [0, 0.1) is 12.7 Å². The number of morpholine rings is 1. The number of aryl methyl sites for hydroxylation is 1. The second-order valence-electron chi connectivity index (χ2n) is 5.17. The third-order valence-corrected chi connectivity index (χ3v) is 3.74. The van der Waals surface area contributed by atoms with Crippen molar-refractivity contribution < 1.29 is 18.7 Å².